The van der Waals surface area contributed by atoms with Gasteiger partial charge in [0.1, 0.15) is 5.82 Å². The first kappa shape index (κ1) is 19.9. The van der Waals surface area contributed by atoms with Gasteiger partial charge in [-0.05, 0) is 74.4 Å². The molecule has 160 valence electrons. The van der Waals surface area contributed by atoms with Crippen LogP contribution in [-0.2, 0) is 4.79 Å². The molecule has 1 aliphatic carbocycles. The number of carbonyl (C=O) groups excluding carboxylic acids is 2. The number of hydrogen-bond donors (Lipinski definition) is 2. The Bertz CT molecular complexity index is 1330. The van der Waals surface area contributed by atoms with E-state index in [4.69, 9.17) is 4.52 Å². The monoisotopic (exact) mass is 430 g/mol. The highest BCUT2D eigenvalue weighted by molar-refractivity contribution is 6.13. The van der Waals surface area contributed by atoms with E-state index in [2.05, 4.69) is 20.8 Å². The van der Waals surface area contributed by atoms with Crippen LogP contribution in [0.4, 0.5) is 15.8 Å². The lowest BCUT2D eigenvalue weighted by atomic mass is 10.0. The fraction of sp³-hybridized carbons (Fsp3) is 0.167. The normalized spacial score (nSPS) is 13.2. The van der Waals surface area contributed by atoms with E-state index in [1.807, 2.05) is 0 Å². The molecule has 1 fully saturated rings. The molecule has 0 bridgehead atoms. The highest BCUT2D eigenvalue weighted by Gasteiger charge is 2.29. The molecule has 0 spiro atoms. The van der Waals surface area contributed by atoms with Crippen molar-refractivity contribution in [2.75, 3.05) is 10.6 Å². The van der Waals surface area contributed by atoms with Crippen LogP contribution in [0.1, 0.15) is 28.9 Å². The van der Waals surface area contributed by atoms with Crippen molar-refractivity contribution in [3.63, 3.8) is 0 Å². The SMILES string of the molecule is Cc1noc2nc(-c3ccc(F)cc3)cc(C(=O)Nc3ccc(NC(=O)C4CC4)cc3)c12. The zero-order valence-electron chi connectivity index (χ0n) is 17.2. The maximum Gasteiger partial charge on any atom is 0.259 e. The molecule has 0 aliphatic heterocycles. The molecule has 2 aromatic carbocycles. The van der Waals surface area contributed by atoms with E-state index in [0.717, 1.165) is 12.8 Å². The lowest BCUT2D eigenvalue weighted by Crippen LogP contribution is -2.14. The standard InChI is InChI=1S/C24H19FN4O3/c1-13-21-19(12-20(28-24(21)32-29-13)14-4-6-16(25)7-5-14)23(31)27-18-10-8-17(9-11-18)26-22(30)15-2-3-15/h4-12,15H,2-3H2,1H3,(H,26,30)(H,27,31). The van der Waals surface area contributed by atoms with Crippen LogP contribution in [-0.4, -0.2) is 22.0 Å². The maximum atomic E-state index is 13.3. The summed E-state index contributed by atoms with van der Waals surface area (Å²) in [7, 11) is 0. The van der Waals surface area contributed by atoms with Crippen LogP contribution in [0.2, 0.25) is 0 Å². The van der Waals surface area contributed by atoms with Gasteiger partial charge >= 0.3 is 0 Å². The number of halogens is 1. The third-order valence-corrected chi connectivity index (χ3v) is 5.36. The predicted molar refractivity (Wildman–Crippen MR) is 118 cm³/mol. The van der Waals surface area contributed by atoms with Crippen LogP contribution in [0.25, 0.3) is 22.4 Å². The number of carbonyl (C=O) groups is 2. The van der Waals surface area contributed by atoms with Gasteiger partial charge in [0, 0.05) is 22.9 Å². The number of benzene rings is 2. The molecular formula is C24H19FN4O3. The molecular weight excluding hydrogens is 411 g/mol. The Morgan fingerprint density at radius 2 is 1.66 bits per heavy atom. The van der Waals surface area contributed by atoms with Crippen LogP contribution in [0.15, 0.2) is 59.1 Å². The molecule has 2 aromatic heterocycles. The van der Waals surface area contributed by atoms with Gasteiger partial charge < -0.3 is 15.2 Å². The second-order valence-corrected chi connectivity index (χ2v) is 7.81. The minimum atomic E-state index is -0.361. The Kier molecular flexibility index (Phi) is 4.89. The lowest BCUT2D eigenvalue weighted by molar-refractivity contribution is -0.117. The average Bonchev–Trinajstić information content (AvgIpc) is 3.58. The van der Waals surface area contributed by atoms with Gasteiger partial charge in [-0.3, -0.25) is 9.59 Å². The second-order valence-electron chi connectivity index (χ2n) is 7.81. The van der Waals surface area contributed by atoms with E-state index in [0.29, 0.717) is 39.3 Å². The Hall–Kier alpha value is -4.07. The van der Waals surface area contributed by atoms with Gasteiger partial charge in [0.15, 0.2) is 0 Å². The molecule has 2 amide bonds. The fourth-order valence-electron chi connectivity index (χ4n) is 3.47. The van der Waals surface area contributed by atoms with Crippen molar-refractivity contribution in [3.8, 4) is 11.3 Å². The van der Waals surface area contributed by atoms with E-state index in [9.17, 15) is 14.0 Å². The number of nitrogens with zero attached hydrogens (tertiary/aromatic N) is 2. The number of hydrogen-bond acceptors (Lipinski definition) is 5. The Labute approximate surface area is 182 Å². The summed E-state index contributed by atoms with van der Waals surface area (Å²) in [5.74, 6) is -0.579. The molecule has 0 atom stereocenters. The summed E-state index contributed by atoms with van der Waals surface area (Å²) in [5.41, 5.74) is 3.49. The maximum absolute atomic E-state index is 13.3. The van der Waals surface area contributed by atoms with E-state index < -0.39 is 0 Å². The van der Waals surface area contributed by atoms with E-state index in [-0.39, 0.29) is 29.3 Å². The molecule has 32 heavy (non-hydrogen) atoms. The zero-order chi connectivity index (χ0) is 22.2. The summed E-state index contributed by atoms with van der Waals surface area (Å²) < 4.78 is 18.6. The summed E-state index contributed by atoms with van der Waals surface area (Å²) in [5, 5.41) is 10.2. The highest BCUT2D eigenvalue weighted by Crippen LogP contribution is 2.31. The molecule has 4 aromatic rings. The number of rotatable bonds is 5. The third kappa shape index (κ3) is 3.94. The lowest BCUT2D eigenvalue weighted by Gasteiger charge is -2.10. The second kappa shape index (κ2) is 7.88. The zero-order valence-corrected chi connectivity index (χ0v) is 17.2. The topological polar surface area (TPSA) is 97.1 Å². The number of amides is 2. The van der Waals surface area contributed by atoms with Crippen molar-refractivity contribution >= 4 is 34.3 Å². The Morgan fingerprint density at radius 1 is 1.00 bits per heavy atom. The van der Waals surface area contributed by atoms with E-state index >= 15 is 0 Å². The van der Waals surface area contributed by atoms with Crippen molar-refractivity contribution in [1.29, 1.82) is 0 Å². The van der Waals surface area contributed by atoms with Crippen molar-refractivity contribution in [2.24, 2.45) is 5.92 Å². The van der Waals surface area contributed by atoms with Gasteiger partial charge in [0.2, 0.25) is 5.91 Å². The van der Waals surface area contributed by atoms with E-state index in [1.54, 1.807) is 49.4 Å². The minimum absolute atomic E-state index is 0.0252. The molecule has 0 unspecified atom stereocenters. The summed E-state index contributed by atoms with van der Waals surface area (Å²) in [4.78, 5) is 29.5. The van der Waals surface area contributed by atoms with Crippen molar-refractivity contribution in [1.82, 2.24) is 10.1 Å². The van der Waals surface area contributed by atoms with Crippen LogP contribution < -0.4 is 10.6 Å². The molecule has 1 aliphatic rings. The first-order valence-electron chi connectivity index (χ1n) is 10.2. The van der Waals surface area contributed by atoms with Crippen molar-refractivity contribution < 1.29 is 18.5 Å². The summed E-state index contributed by atoms with van der Waals surface area (Å²) in [6, 6.07) is 14.4. The summed E-state index contributed by atoms with van der Waals surface area (Å²) >= 11 is 0. The number of aromatic nitrogens is 2. The summed E-state index contributed by atoms with van der Waals surface area (Å²) in [6.45, 7) is 1.74. The quantitative estimate of drug-likeness (QED) is 0.468. The number of pyridine rings is 1. The molecule has 0 saturated heterocycles. The summed E-state index contributed by atoms with van der Waals surface area (Å²) in [6.07, 6.45) is 1.87. The van der Waals surface area contributed by atoms with Crippen LogP contribution >= 0.6 is 0 Å². The average molecular weight is 430 g/mol. The van der Waals surface area contributed by atoms with E-state index in [1.165, 1.54) is 12.1 Å². The number of fused-ring (bicyclic) bond motifs is 1. The minimum Gasteiger partial charge on any atom is -0.335 e. The number of anilines is 2. The molecule has 0 radical (unpaired) electrons. The molecule has 2 heterocycles. The van der Waals surface area contributed by atoms with Crippen LogP contribution in [0, 0.1) is 18.7 Å². The molecule has 2 N–H and O–H groups in total. The van der Waals surface area contributed by atoms with Gasteiger partial charge in [0.25, 0.3) is 11.6 Å². The largest absolute Gasteiger partial charge is 0.335 e. The van der Waals surface area contributed by atoms with Crippen LogP contribution in [0.3, 0.4) is 0 Å². The first-order chi connectivity index (χ1) is 15.5. The number of aryl methyl sites for hydroxylation is 1. The Balaban J connectivity index is 1.42. The smallest absolute Gasteiger partial charge is 0.259 e. The van der Waals surface area contributed by atoms with Crippen molar-refractivity contribution in [3.05, 3.63) is 71.7 Å². The fourth-order valence-corrected chi connectivity index (χ4v) is 3.47. The van der Waals surface area contributed by atoms with Gasteiger partial charge in [-0.25, -0.2) is 9.37 Å². The number of nitrogens with one attached hydrogen (secondary N) is 2. The van der Waals surface area contributed by atoms with Crippen LogP contribution in [0.5, 0.6) is 0 Å². The van der Waals surface area contributed by atoms with Gasteiger partial charge in [-0.15, -0.1) is 0 Å². The first-order valence-corrected chi connectivity index (χ1v) is 10.2. The third-order valence-electron chi connectivity index (χ3n) is 5.36. The predicted octanol–water partition coefficient (Wildman–Crippen LogP) is 4.94. The van der Waals surface area contributed by atoms with Gasteiger partial charge in [-0.2, -0.15) is 0 Å². The molecule has 1 saturated carbocycles. The molecule has 5 rings (SSSR count). The molecule has 7 nitrogen and oxygen atoms in total. The van der Waals surface area contributed by atoms with Gasteiger partial charge in [0.05, 0.1) is 22.3 Å². The van der Waals surface area contributed by atoms with Crippen molar-refractivity contribution in [2.45, 2.75) is 19.8 Å². The molecule has 8 heteroatoms. The highest BCUT2D eigenvalue weighted by atomic mass is 19.1. The Morgan fingerprint density at radius 3 is 2.31 bits per heavy atom. The van der Waals surface area contributed by atoms with Gasteiger partial charge in [-0.1, -0.05) is 5.16 Å².